The molecule has 0 spiro atoms. The van der Waals surface area contributed by atoms with Gasteiger partial charge < -0.3 is 4.74 Å². The number of halogens is 1. The molecule has 1 aromatic carbocycles. The number of carbonyl (C=O) groups is 1. The van der Waals surface area contributed by atoms with E-state index in [1.807, 2.05) is 29.6 Å². The zero-order valence-electron chi connectivity index (χ0n) is 9.67. The van der Waals surface area contributed by atoms with E-state index >= 15 is 0 Å². The molecule has 0 saturated heterocycles. The van der Waals surface area contributed by atoms with Crippen molar-refractivity contribution in [3.05, 3.63) is 62.9 Å². The Hall–Kier alpha value is -1.91. The first kappa shape index (κ1) is 12.1. The molecule has 0 atom stereocenters. The van der Waals surface area contributed by atoms with Crippen molar-refractivity contribution in [2.45, 2.75) is 0 Å². The van der Waals surface area contributed by atoms with Gasteiger partial charge in [0, 0.05) is 4.88 Å². The van der Waals surface area contributed by atoms with Crippen LogP contribution in [0.5, 0.6) is 0 Å². The minimum atomic E-state index is -0.455. The molecule has 0 radical (unpaired) electrons. The van der Waals surface area contributed by atoms with Crippen LogP contribution in [0.1, 0.15) is 10.4 Å². The van der Waals surface area contributed by atoms with Gasteiger partial charge in [0.2, 0.25) is 5.90 Å². The van der Waals surface area contributed by atoms with Crippen molar-refractivity contribution in [3.63, 3.8) is 0 Å². The van der Waals surface area contributed by atoms with E-state index in [2.05, 4.69) is 4.99 Å². The van der Waals surface area contributed by atoms with E-state index in [1.165, 1.54) is 11.3 Å². The average molecular weight is 290 g/mol. The van der Waals surface area contributed by atoms with Gasteiger partial charge in [-0.2, -0.15) is 0 Å². The molecule has 0 saturated carbocycles. The molecular weight excluding hydrogens is 282 g/mol. The molecule has 0 unspecified atom stereocenters. The van der Waals surface area contributed by atoms with Crippen LogP contribution < -0.4 is 0 Å². The zero-order chi connectivity index (χ0) is 13.2. The van der Waals surface area contributed by atoms with Gasteiger partial charge >= 0.3 is 5.97 Å². The number of aliphatic imine (C=N–C) groups is 1. The van der Waals surface area contributed by atoms with Gasteiger partial charge in [-0.3, -0.25) is 0 Å². The van der Waals surface area contributed by atoms with Gasteiger partial charge in [-0.25, -0.2) is 9.79 Å². The lowest BCUT2D eigenvalue weighted by molar-refractivity contribution is -0.129. The monoisotopic (exact) mass is 289 g/mol. The molecule has 2 heterocycles. The molecule has 3 nitrogen and oxygen atoms in total. The Kier molecular flexibility index (Phi) is 3.19. The molecule has 0 fully saturated rings. The largest absolute Gasteiger partial charge is 0.402 e. The standard InChI is InChI=1S/C14H8ClNO2S/c15-11-6-2-1-5-10(11)13-16-12(14(17)18-13)8-9-4-3-7-19-9/h1-8H. The molecular formula is C14H8ClNO2S. The SMILES string of the molecule is O=C1OC(c2ccccc2Cl)=NC1=Cc1cccs1. The highest BCUT2D eigenvalue weighted by Crippen LogP contribution is 2.24. The Labute approximate surface area is 118 Å². The number of benzene rings is 1. The smallest absolute Gasteiger partial charge is 0.363 e. The third-order valence-electron chi connectivity index (χ3n) is 2.55. The maximum absolute atomic E-state index is 11.8. The number of rotatable bonds is 2. The van der Waals surface area contributed by atoms with Crippen molar-refractivity contribution in [1.82, 2.24) is 0 Å². The minimum absolute atomic E-state index is 0.249. The molecule has 1 aliphatic heterocycles. The van der Waals surface area contributed by atoms with Crippen LogP contribution in [0.2, 0.25) is 5.02 Å². The Balaban J connectivity index is 1.98. The summed E-state index contributed by atoms with van der Waals surface area (Å²) in [5.41, 5.74) is 0.907. The number of thiophene rings is 1. The van der Waals surface area contributed by atoms with Gasteiger partial charge in [0.1, 0.15) is 0 Å². The van der Waals surface area contributed by atoms with Gasteiger partial charge in [-0.15, -0.1) is 11.3 Å². The topological polar surface area (TPSA) is 38.7 Å². The normalized spacial score (nSPS) is 16.6. The van der Waals surface area contributed by atoms with Crippen LogP contribution in [0.3, 0.4) is 0 Å². The van der Waals surface area contributed by atoms with Gasteiger partial charge in [0.15, 0.2) is 5.70 Å². The summed E-state index contributed by atoms with van der Waals surface area (Å²) >= 11 is 7.59. The Morgan fingerprint density at radius 3 is 2.79 bits per heavy atom. The van der Waals surface area contributed by atoms with Crippen LogP contribution >= 0.6 is 22.9 Å². The molecule has 19 heavy (non-hydrogen) atoms. The van der Waals surface area contributed by atoms with E-state index in [0.29, 0.717) is 10.6 Å². The molecule has 2 aromatic rings. The molecule has 5 heteroatoms. The second-order valence-electron chi connectivity index (χ2n) is 3.83. The number of cyclic esters (lactones) is 1. The fourth-order valence-corrected chi connectivity index (χ4v) is 2.53. The number of carbonyl (C=O) groups excluding carboxylic acids is 1. The summed E-state index contributed by atoms with van der Waals surface area (Å²) in [5.74, 6) is -0.207. The molecule has 0 aliphatic carbocycles. The maximum atomic E-state index is 11.8. The first-order chi connectivity index (χ1) is 9.24. The van der Waals surface area contributed by atoms with Crippen molar-refractivity contribution >= 4 is 40.9 Å². The molecule has 0 amide bonds. The van der Waals surface area contributed by atoms with Crippen LogP contribution in [-0.2, 0) is 9.53 Å². The second kappa shape index (κ2) is 4.99. The van der Waals surface area contributed by atoms with E-state index in [4.69, 9.17) is 16.3 Å². The van der Waals surface area contributed by atoms with Gasteiger partial charge in [-0.1, -0.05) is 29.8 Å². The lowest BCUT2D eigenvalue weighted by Gasteiger charge is -2.00. The summed E-state index contributed by atoms with van der Waals surface area (Å²) in [6, 6.07) is 10.9. The van der Waals surface area contributed by atoms with Gasteiger partial charge in [0.05, 0.1) is 10.6 Å². The quantitative estimate of drug-likeness (QED) is 0.624. The first-order valence-corrected chi connectivity index (χ1v) is 6.81. The molecule has 0 N–H and O–H groups in total. The molecule has 94 valence electrons. The van der Waals surface area contributed by atoms with Crippen molar-refractivity contribution in [1.29, 1.82) is 0 Å². The van der Waals surface area contributed by atoms with Crippen LogP contribution in [0.25, 0.3) is 6.08 Å². The zero-order valence-corrected chi connectivity index (χ0v) is 11.2. The number of ether oxygens (including phenoxy) is 1. The van der Waals surface area contributed by atoms with Crippen LogP contribution in [0.4, 0.5) is 0 Å². The number of hydrogen-bond acceptors (Lipinski definition) is 4. The number of esters is 1. The van der Waals surface area contributed by atoms with E-state index in [-0.39, 0.29) is 11.6 Å². The number of hydrogen-bond donors (Lipinski definition) is 0. The van der Waals surface area contributed by atoms with E-state index < -0.39 is 5.97 Å². The van der Waals surface area contributed by atoms with Crippen LogP contribution in [0.15, 0.2) is 52.5 Å². The van der Waals surface area contributed by atoms with E-state index in [0.717, 1.165) is 4.88 Å². The van der Waals surface area contributed by atoms with Crippen molar-refractivity contribution in [2.75, 3.05) is 0 Å². The van der Waals surface area contributed by atoms with Gasteiger partial charge in [-0.05, 0) is 29.7 Å². The molecule has 1 aliphatic rings. The first-order valence-electron chi connectivity index (χ1n) is 5.55. The van der Waals surface area contributed by atoms with Crippen molar-refractivity contribution in [2.24, 2.45) is 4.99 Å². The predicted molar refractivity (Wildman–Crippen MR) is 76.4 cm³/mol. The minimum Gasteiger partial charge on any atom is -0.402 e. The summed E-state index contributed by atoms with van der Waals surface area (Å²) in [6.45, 7) is 0. The van der Waals surface area contributed by atoms with Crippen LogP contribution in [-0.4, -0.2) is 11.9 Å². The Bertz CT molecular complexity index is 689. The Morgan fingerprint density at radius 1 is 1.21 bits per heavy atom. The predicted octanol–water partition coefficient (Wildman–Crippen LogP) is 3.75. The van der Waals surface area contributed by atoms with Crippen molar-refractivity contribution < 1.29 is 9.53 Å². The van der Waals surface area contributed by atoms with E-state index in [9.17, 15) is 4.79 Å². The fraction of sp³-hybridized carbons (Fsp3) is 0. The molecule has 3 rings (SSSR count). The molecule has 1 aromatic heterocycles. The summed E-state index contributed by atoms with van der Waals surface area (Å²) in [5, 5.41) is 2.44. The summed E-state index contributed by atoms with van der Waals surface area (Å²) in [4.78, 5) is 16.9. The lowest BCUT2D eigenvalue weighted by Crippen LogP contribution is -2.05. The molecule has 0 bridgehead atoms. The highest BCUT2D eigenvalue weighted by atomic mass is 35.5. The average Bonchev–Trinajstić information content (AvgIpc) is 3.02. The summed E-state index contributed by atoms with van der Waals surface area (Å²) in [6.07, 6.45) is 1.71. The summed E-state index contributed by atoms with van der Waals surface area (Å²) in [7, 11) is 0. The summed E-state index contributed by atoms with van der Waals surface area (Å²) < 4.78 is 5.15. The number of nitrogens with zero attached hydrogens (tertiary/aromatic N) is 1. The second-order valence-corrected chi connectivity index (χ2v) is 5.22. The van der Waals surface area contributed by atoms with Crippen LogP contribution in [0, 0.1) is 0 Å². The highest BCUT2D eigenvalue weighted by molar-refractivity contribution is 7.10. The third-order valence-corrected chi connectivity index (χ3v) is 3.70. The van der Waals surface area contributed by atoms with Gasteiger partial charge in [0.25, 0.3) is 0 Å². The maximum Gasteiger partial charge on any atom is 0.363 e. The highest BCUT2D eigenvalue weighted by Gasteiger charge is 2.25. The van der Waals surface area contributed by atoms with Crippen molar-refractivity contribution in [3.8, 4) is 0 Å². The lowest BCUT2D eigenvalue weighted by atomic mass is 10.2. The third kappa shape index (κ3) is 2.45. The van der Waals surface area contributed by atoms with E-state index in [1.54, 1.807) is 18.2 Å². The Morgan fingerprint density at radius 2 is 2.05 bits per heavy atom. The fourth-order valence-electron chi connectivity index (χ4n) is 1.67.